The molecule has 4 aliphatic rings. The van der Waals surface area contributed by atoms with Crippen LogP contribution in [-0.2, 0) is 0 Å². The Morgan fingerprint density at radius 3 is 2.26 bits per heavy atom. The molecule has 5 nitrogen and oxygen atoms in total. The van der Waals surface area contributed by atoms with E-state index < -0.39 is 23.9 Å². The standard InChI is InChI=1S/C30H52O5/c1-18(17-31)9-8-12-30(7,35)19-10-14-28(5)24(19)20(32)15-22-27(4)13-11-23(34)26(2,3)25(27)21(33)16-29(22,28)6/h9,19-25,31-35H,8,10-17H2,1-7H3/b18-9+/t19-,20+,21-,22+,23-,24-,25-,27+,28+,29+,30-/m0/s1. The lowest BCUT2D eigenvalue weighted by Crippen LogP contribution is -2.69. The largest absolute Gasteiger partial charge is 0.393 e. The summed E-state index contributed by atoms with van der Waals surface area (Å²) in [7, 11) is 0. The van der Waals surface area contributed by atoms with Crippen LogP contribution >= 0.6 is 0 Å². The van der Waals surface area contributed by atoms with Gasteiger partial charge in [0, 0.05) is 0 Å². The van der Waals surface area contributed by atoms with Gasteiger partial charge in [-0.25, -0.2) is 0 Å². The molecule has 5 N–H and O–H groups in total. The predicted molar refractivity (Wildman–Crippen MR) is 138 cm³/mol. The van der Waals surface area contributed by atoms with E-state index in [0.717, 1.165) is 31.3 Å². The molecular weight excluding hydrogens is 440 g/mol. The molecular formula is C30H52O5. The van der Waals surface area contributed by atoms with Crippen molar-refractivity contribution in [2.45, 2.75) is 124 Å². The Labute approximate surface area is 213 Å². The highest BCUT2D eigenvalue weighted by Gasteiger charge is 2.72. The fourth-order valence-electron chi connectivity index (χ4n) is 10.5. The Balaban J connectivity index is 1.67. The van der Waals surface area contributed by atoms with Gasteiger partial charge in [-0.05, 0) is 111 Å². The molecule has 0 heterocycles. The number of allylic oxidation sites excluding steroid dienone is 1. The van der Waals surface area contributed by atoms with Crippen LogP contribution in [0.1, 0.15) is 99.8 Å². The van der Waals surface area contributed by atoms with Crippen molar-refractivity contribution in [3.8, 4) is 0 Å². The number of aliphatic hydroxyl groups excluding tert-OH is 4. The van der Waals surface area contributed by atoms with E-state index in [9.17, 15) is 25.5 Å². The van der Waals surface area contributed by atoms with Gasteiger partial charge >= 0.3 is 0 Å². The van der Waals surface area contributed by atoms with Gasteiger partial charge in [-0.15, -0.1) is 0 Å². The number of hydrogen-bond acceptors (Lipinski definition) is 5. The summed E-state index contributed by atoms with van der Waals surface area (Å²) < 4.78 is 0. The van der Waals surface area contributed by atoms with Crippen molar-refractivity contribution in [3.05, 3.63) is 11.6 Å². The molecule has 0 aromatic heterocycles. The van der Waals surface area contributed by atoms with Crippen LogP contribution in [0, 0.1) is 45.3 Å². The van der Waals surface area contributed by atoms with Gasteiger partial charge in [0.1, 0.15) is 0 Å². The minimum atomic E-state index is -0.893. The molecule has 11 atom stereocenters. The Morgan fingerprint density at radius 1 is 0.971 bits per heavy atom. The van der Waals surface area contributed by atoms with Crippen LogP contribution < -0.4 is 0 Å². The maximum Gasteiger partial charge on any atom is 0.0654 e. The van der Waals surface area contributed by atoms with Crippen molar-refractivity contribution < 1.29 is 25.5 Å². The van der Waals surface area contributed by atoms with Crippen molar-refractivity contribution in [3.63, 3.8) is 0 Å². The monoisotopic (exact) mass is 492 g/mol. The number of hydrogen-bond donors (Lipinski definition) is 5. The van der Waals surface area contributed by atoms with Crippen molar-refractivity contribution in [1.82, 2.24) is 0 Å². The second kappa shape index (κ2) is 8.80. The first kappa shape index (κ1) is 27.6. The van der Waals surface area contributed by atoms with E-state index >= 15 is 0 Å². The van der Waals surface area contributed by atoms with Crippen molar-refractivity contribution in [1.29, 1.82) is 0 Å². The molecule has 0 radical (unpaired) electrons. The van der Waals surface area contributed by atoms with E-state index in [-0.39, 0.29) is 51.9 Å². The maximum absolute atomic E-state index is 11.8. The fraction of sp³-hybridized carbons (Fsp3) is 0.933. The van der Waals surface area contributed by atoms with Crippen molar-refractivity contribution >= 4 is 0 Å². The molecule has 4 saturated carbocycles. The lowest BCUT2D eigenvalue weighted by atomic mass is 9.34. The van der Waals surface area contributed by atoms with Gasteiger partial charge in [0.2, 0.25) is 0 Å². The van der Waals surface area contributed by atoms with Crippen LogP contribution in [0.15, 0.2) is 11.6 Å². The van der Waals surface area contributed by atoms with Crippen LogP contribution in [-0.4, -0.2) is 56.1 Å². The molecule has 0 saturated heterocycles. The Kier molecular flexibility index (Phi) is 6.93. The van der Waals surface area contributed by atoms with Crippen LogP contribution in [0.3, 0.4) is 0 Å². The SMILES string of the molecule is C/C(=C\CC[C@](C)(O)[C@H]1CC[C@]2(C)[C@@H]1[C@H](O)C[C@@H]1[C@@]3(C)CC[C@H](O)C(C)(C)[C@@H]3[C@@H](O)C[C@]12C)CO. The molecule has 0 aliphatic heterocycles. The molecule has 0 amide bonds. The van der Waals surface area contributed by atoms with Gasteiger partial charge in [-0.3, -0.25) is 0 Å². The quantitative estimate of drug-likeness (QED) is 0.365. The Hall–Kier alpha value is -0.460. The van der Waals surface area contributed by atoms with E-state index in [1.54, 1.807) is 0 Å². The first-order valence-corrected chi connectivity index (χ1v) is 14.1. The first-order valence-electron chi connectivity index (χ1n) is 14.1. The van der Waals surface area contributed by atoms with Gasteiger partial charge in [-0.2, -0.15) is 0 Å². The summed E-state index contributed by atoms with van der Waals surface area (Å²) in [6.07, 6.45) is 6.83. The molecule has 0 aromatic rings. The molecule has 0 bridgehead atoms. The first-order chi connectivity index (χ1) is 16.1. The molecule has 0 aromatic carbocycles. The molecule has 4 fully saturated rings. The normalized spacial score (nSPS) is 51.2. The smallest absolute Gasteiger partial charge is 0.0654 e. The topological polar surface area (TPSA) is 101 Å². The van der Waals surface area contributed by atoms with E-state index in [0.29, 0.717) is 25.7 Å². The molecule has 0 unspecified atom stereocenters. The average Bonchev–Trinajstić information content (AvgIpc) is 3.13. The highest BCUT2D eigenvalue weighted by atomic mass is 16.3. The Morgan fingerprint density at radius 2 is 1.63 bits per heavy atom. The van der Waals surface area contributed by atoms with Gasteiger partial charge in [0.25, 0.3) is 0 Å². The minimum absolute atomic E-state index is 0.00351. The van der Waals surface area contributed by atoms with Gasteiger partial charge < -0.3 is 25.5 Å². The zero-order valence-electron chi connectivity index (χ0n) is 23.2. The van der Waals surface area contributed by atoms with Gasteiger partial charge in [0.15, 0.2) is 0 Å². The second-order valence-corrected chi connectivity index (χ2v) is 14.6. The van der Waals surface area contributed by atoms with Crippen LogP contribution in [0.4, 0.5) is 0 Å². The lowest BCUT2D eigenvalue weighted by molar-refractivity contribution is -0.274. The zero-order chi connectivity index (χ0) is 26.2. The summed E-state index contributed by atoms with van der Waals surface area (Å²) in [6, 6.07) is 0. The summed E-state index contributed by atoms with van der Waals surface area (Å²) in [6.45, 7) is 15.1. The van der Waals surface area contributed by atoms with E-state index in [1.165, 1.54) is 0 Å². The number of aliphatic hydroxyl groups is 5. The number of rotatable bonds is 5. The third-order valence-corrected chi connectivity index (χ3v) is 12.4. The fourth-order valence-corrected chi connectivity index (χ4v) is 10.5. The minimum Gasteiger partial charge on any atom is -0.393 e. The third-order valence-electron chi connectivity index (χ3n) is 12.4. The summed E-state index contributed by atoms with van der Waals surface area (Å²) in [5, 5.41) is 55.3. The van der Waals surface area contributed by atoms with Crippen molar-refractivity contribution in [2.75, 3.05) is 6.61 Å². The average molecular weight is 493 g/mol. The third kappa shape index (κ3) is 3.90. The molecule has 35 heavy (non-hydrogen) atoms. The highest BCUT2D eigenvalue weighted by molar-refractivity contribution is 5.21. The summed E-state index contributed by atoms with van der Waals surface area (Å²) in [4.78, 5) is 0. The van der Waals surface area contributed by atoms with E-state index in [2.05, 4.69) is 34.6 Å². The second-order valence-electron chi connectivity index (χ2n) is 14.6. The molecule has 202 valence electrons. The van der Waals surface area contributed by atoms with E-state index in [1.807, 2.05) is 19.9 Å². The molecule has 4 rings (SSSR count). The Bertz CT molecular complexity index is 835. The van der Waals surface area contributed by atoms with Gasteiger partial charge in [0.05, 0.1) is 30.5 Å². The maximum atomic E-state index is 11.8. The van der Waals surface area contributed by atoms with Gasteiger partial charge in [-0.1, -0.05) is 46.3 Å². The lowest BCUT2D eigenvalue weighted by Gasteiger charge is -2.71. The molecule has 5 heteroatoms. The zero-order valence-corrected chi connectivity index (χ0v) is 23.2. The molecule has 0 spiro atoms. The van der Waals surface area contributed by atoms with Crippen LogP contribution in [0.5, 0.6) is 0 Å². The van der Waals surface area contributed by atoms with E-state index in [4.69, 9.17) is 0 Å². The summed E-state index contributed by atoms with van der Waals surface area (Å²) in [5.74, 6) is 0.280. The highest BCUT2D eigenvalue weighted by Crippen LogP contribution is 2.75. The van der Waals surface area contributed by atoms with Crippen LogP contribution in [0.2, 0.25) is 0 Å². The van der Waals surface area contributed by atoms with Crippen LogP contribution in [0.25, 0.3) is 0 Å². The summed E-state index contributed by atoms with van der Waals surface area (Å²) >= 11 is 0. The number of fused-ring (bicyclic) bond motifs is 5. The summed E-state index contributed by atoms with van der Waals surface area (Å²) in [5.41, 5.74) is -0.788. The van der Waals surface area contributed by atoms with Crippen molar-refractivity contribution in [2.24, 2.45) is 45.3 Å². The predicted octanol–water partition coefficient (Wildman–Crippen LogP) is 4.44. The molecule has 4 aliphatic carbocycles.